The number of hydrogen-bond acceptors (Lipinski definition) is 5. The molecule has 388 valence electrons. The van der Waals surface area contributed by atoms with Gasteiger partial charge in [0, 0.05) is 6.42 Å². The van der Waals surface area contributed by atoms with Crippen LogP contribution in [0.1, 0.15) is 310 Å². The van der Waals surface area contributed by atoms with Gasteiger partial charge in [-0.3, -0.25) is 9.59 Å². The van der Waals surface area contributed by atoms with Crippen LogP contribution in [0.15, 0.2) is 36.5 Å². The predicted octanol–water partition coefficient (Wildman–Crippen LogP) is 18.0. The molecule has 3 unspecified atom stereocenters. The molecule has 0 heterocycles. The van der Waals surface area contributed by atoms with Crippen molar-refractivity contribution in [3.63, 3.8) is 0 Å². The van der Waals surface area contributed by atoms with E-state index in [1.54, 1.807) is 0 Å². The van der Waals surface area contributed by atoms with Crippen molar-refractivity contribution in [2.24, 2.45) is 0 Å². The first kappa shape index (κ1) is 64.1. The molecular formula is C60H113NO5. The van der Waals surface area contributed by atoms with Crippen LogP contribution in [-0.4, -0.2) is 46.9 Å². The van der Waals surface area contributed by atoms with Gasteiger partial charge in [0.2, 0.25) is 5.91 Å². The van der Waals surface area contributed by atoms with Gasteiger partial charge >= 0.3 is 5.97 Å². The number of unbranched alkanes of at least 4 members (excludes halogenated alkanes) is 36. The minimum absolute atomic E-state index is 0.0620. The zero-order chi connectivity index (χ0) is 48.1. The van der Waals surface area contributed by atoms with E-state index < -0.39 is 18.2 Å². The minimum Gasteiger partial charge on any atom is -0.462 e. The summed E-state index contributed by atoms with van der Waals surface area (Å²) < 4.78 is 5.95. The van der Waals surface area contributed by atoms with E-state index in [2.05, 4.69) is 62.5 Å². The van der Waals surface area contributed by atoms with E-state index >= 15 is 0 Å². The van der Waals surface area contributed by atoms with Gasteiger partial charge in [0.05, 0.1) is 25.2 Å². The molecule has 66 heavy (non-hydrogen) atoms. The van der Waals surface area contributed by atoms with E-state index in [0.717, 1.165) is 70.6 Å². The Morgan fingerprint density at radius 1 is 0.439 bits per heavy atom. The lowest BCUT2D eigenvalue weighted by Gasteiger charge is -2.24. The maximum absolute atomic E-state index is 13.3. The van der Waals surface area contributed by atoms with E-state index in [4.69, 9.17) is 4.74 Å². The number of hydrogen-bond donors (Lipinski definition) is 3. The van der Waals surface area contributed by atoms with Gasteiger partial charge in [-0.15, -0.1) is 0 Å². The van der Waals surface area contributed by atoms with Crippen LogP contribution in [0.4, 0.5) is 0 Å². The van der Waals surface area contributed by atoms with Gasteiger partial charge < -0.3 is 20.3 Å². The molecule has 6 heteroatoms. The van der Waals surface area contributed by atoms with Crippen molar-refractivity contribution in [2.75, 3.05) is 6.61 Å². The zero-order valence-corrected chi connectivity index (χ0v) is 44.3. The Kier molecular flexibility index (Phi) is 52.5. The molecule has 0 saturated carbocycles. The summed E-state index contributed by atoms with van der Waals surface area (Å²) in [4.78, 5) is 26.3. The summed E-state index contributed by atoms with van der Waals surface area (Å²) in [5.74, 6) is -0.488. The number of nitrogens with one attached hydrogen (secondary N) is 1. The van der Waals surface area contributed by atoms with Crippen molar-refractivity contribution in [1.29, 1.82) is 0 Å². The number of ether oxygens (including phenoxy) is 1. The maximum Gasteiger partial charge on any atom is 0.306 e. The Labute approximate surface area is 411 Å². The molecule has 0 spiro atoms. The fourth-order valence-corrected chi connectivity index (χ4v) is 9.01. The molecule has 0 aliphatic heterocycles. The number of esters is 1. The zero-order valence-electron chi connectivity index (χ0n) is 44.3. The van der Waals surface area contributed by atoms with Gasteiger partial charge in [0.1, 0.15) is 6.10 Å². The first-order valence-corrected chi connectivity index (χ1v) is 29.2. The first-order valence-electron chi connectivity index (χ1n) is 29.2. The highest BCUT2D eigenvalue weighted by Crippen LogP contribution is 2.18. The van der Waals surface area contributed by atoms with Gasteiger partial charge in [0.25, 0.3) is 0 Å². The number of carbonyl (C=O) groups excluding carboxylic acids is 2. The van der Waals surface area contributed by atoms with E-state index in [9.17, 15) is 19.8 Å². The number of amides is 1. The normalized spacial score (nSPS) is 13.3. The lowest BCUT2D eigenvalue weighted by molar-refractivity contribution is -0.151. The van der Waals surface area contributed by atoms with Crippen LogP contribution in [0.3, 0.4) is 0 Å². The average molecular weight is 929 g/mol. The average Bonchev–Trinajstić information content (AvgIpc) is 3.31. The van der Waals surface area contributed by atoms with Crippen LogP contribution >= 0.6 is 0 Å². The van der Waals surface area contributed by atoms with Crippen molar-refractivity contribution in [3.05, 3.63) is 36.5 Å². The molecule has 0 aliphatic carbocycles. The third kappa shape index (κ3) is 48.5. The summed E-state index contributed by atoms with van der Waals surface area (Å²) in [7, 11) is 0. The third-order valence-electron chi connectivity index (χ3n) is 13.5. The highest BCUT2D eigenvalue weighted by atomic mass is 16.5. The highest BCUT2D eigenvalue weighted by Gasteiger charge is 2.24. The smallest absolute Gasteiger partial charge is 0.306 e. The van der Waals surface area contributed by atoms with E-state index in [1.165, 1.54) is 193 Å². The van der Waals surface area contributed by atoms with Crippen molar-refractivity contribution >= 4 is 11.9 Å². The standard InChI is InChI=1S/C60H113NO5/c1-4-7-10-13-16-19-22-25-27-29-30-31-33-35-38-41-44-47-50-53-60(65)66-56(51-48-45-42-39-36-34-32-28-26-23-20-17-14-11-8-5-2)54-59(64)61-57(55-62)58(63)52-49-46-43-40-37-24-21-18-15-12-9-6-3/h25,27-28,32,34,36,56-58,62-63H,4-24,26,29-31,33,35,37-55H2,1-3H3,(H,61,64)/b27-25+,32-28+,36-34+. The van der Waals surface area contributed by atoms with Gasteiger partial charge in [-0.05, 0) is 77.0 Å². The molecule has 0 saturated heterocycles. The van der Waals surface area contributed by atoms with Crippen LogP contribution in [-0.2, 0) is 14.3 Å². The highest BCUT2D eigenvalue weighted by molar-refractivity contribution is 5.77. The molecule has 0 radical (unpaired) electrons. The number of rotatable bonds is 53. The predicted molar refractivity (Wildman–Crippen MR) is 287 cm³/mol. The molecule has 0 aromatic carbocycles. The van der Waals surface area contributed by atoms with Gasteiger partial charge in [-0.1, -0.05) is 256 Å². The molecule has 0 fully saturated rings. The molecule has 0 aromatic rings. The Morgan fingerprint density at radius 2 is 0.773 bits per heavy atom. The molecule has 6 nitrogen and oxygen atoms in total. The summed E-state index contributed by atoms with van der Waals surface area (Å²) in [5, 5.41) is 23.8. The summed E-state index contributed by atoms with van der Waals surface area (Å²) in [6, 6.07) is -0.709. The van der Waals surface area contributed by atoms with Crippen molar-refractivity contribution in [3.8, 4) is 0 Å². The van der Waals surface area contributed by atoms with E-state index in [0.29, 0.717) is 19.3 Å². The molecule has 0 bridgehead atoms. The SMILES string of the molecule is CCCCCCCC/C=C/CCCCCCCCCCCC(=O)OC(CCCCC/C=C/C=C/CCCCCCCCC)CC(=O)NC(CO)C(O)CCCCCCCCCCCCCC. The van der Waals surface area contributed by atoms with Crippen LogP contribution in [0.25, 0.3) is 0 Å². The van der Waals surface area contributed by atoms with Crippen molar-refractivity contribution < 1.29 is 24.5 Å². The second kappa shape index (κ2) is 54.0. The fourth-order valence-electron chi connectivity index (χ4n) is 9.01. The lowest BCUT2D eigenvalue weighted by Crippen LogP contribution is -2.46. The molecule has 0 aromatic heterocycles. The van der Waals surface area contributed by atoms with Gasteiger partial charge in [0.15, 0.2) is 0 Å². The van der Waals surface area contributed by atoms with Gasteiger partial charge in [-0.2, -0.15) is 0 Å². The largest absolute Gasteiger partial charge is 0.462 e. The maximum atomic E-state index is 13.3. The van der Waals surface area contributed by atoms with Crippen molar-refractivity contribution in [2.45, 2.75) is 328 Å². The fraction of sp³-hybridized carbons (Fsp3) is 0.867. The summed E-state index contributed by atoms with van der Waals surface area (Å²) >= 11 is 0. The topological polar surface area (TPSA) is 95.9 Å². The Hall–Kier alpha value is -1.92. The Bertz CT molecular complexity index is 1090. The molecular weight excluding hydrogens is 815 g/mol. The third-order valence-corrected chi connectivity index (χ3v) is 13.5. The molecule has 0 aliphatic rings. The number of carbonyl (C=O) groups is 2. The number of aliphatic hydroxyl groups is 2. The van der Waals surface area contributed by atoms with Crippen LogP contribution in [0, 0.1) is 0 Å². The van der Waals surface area contributed by atoms with Crippen LogP contribution in [0.2, 0.25) is 0 Å². The van der Waals surface area contributed by atoms with Crippen molar-refractivity contribution in [1.82, 2.24) is 5.32 Å². The first-order chi connectivity index (χ1) is 32.5. The lowest BCUT2D eigenvalue weighted by atomic mass is 10.0. The second-order valence-electron chi connectivity index (χ2n) is 20.1. The van der Waals surface area contributed by atoms with E-state index in [-0.39, 0.29) is 24.9 Å². The monoisotopic (exact) mass is 928 g/mol. The number of aliphatic hydroxyl groups excluding tert-OH is 2. The molecule has 1 amide bonds. The number of allylic oxidation sites excluding steroid dienone is 6. The minimum atomic E-state index is -0.793. The molecule has 0 rings (SSSR count). The molecule has 3 N–H and O–H groups in total. The van der Waals surface area contributed by atoms with E-state index in [1.807, 2.05) is 0 Å². The Balaban J connectivity index is 4.56. The summed E-state index contributed by atoms with van der Waals surface area (Å²) in [6.45, 7) is 6.49. The van der Waals surface area contributed by atoms with Crippen LogP contribution < -0.4 is 5.32 Å². The second-order valence-corrected chi connectivity index (χ2v) is 20.1. The van der Waals surface area contributed by atoms with Gasteiger partial charge in [-0.25, -0.2) is 0 Å². The quantitative estimate of drug-likeness (QED) is 0.0244. The Morgan fingerprint density at radius 3 is 1.18 bits per heavy atom. The summed E-state index contributed by atoms with van der Waals surface area (Å²) in [5.41, 5.74) is 0. The molecule has 3 atom stereocenters. The summed E-state index contributed by atoms with van der Waals surface area (Å²) in [6.07, 6.45) is 65.0. The van der Waals surface area contributed by atoms with Crippen LogP contribution in [0.5, 0.6) is 0 Å².